The Morgan fingerprint density at radius 2 is 2.53 bits per heavy atom. The Kier molecular flexibility index (Phi) is 4.18. The van der Waals surface area contributed by atoms with Gasteiger partial charge in [0.2, 0.25) is 0 Å². The fraction of sp³-hybridized carbons (Fsp3) is 0.615. The maximum absolute atomic E-state index is 12.0. The standard InChI is InChI=1S/C13H19NO2S/c1-3-11-7-10(8-17-11)13(15)14-9(2)12-5-4-6-16-12/h7-9,12H,3-6H2,1-2H3,(H,14,15)/t9-,12-/m0/s1. The Bertz CT molecular complexity index is 383. The highest BCUT2D eigenvalue weighted by atomic mass is 32.1. The number of hydrogen-bond donors (Lipinski definition) is 1. The quantitative estimate of drug-likeness (QED) is 0.895. The van der Waals surface area contributed by atoms with E-state index in [0.29, 0.717) is 0 Å². The predicted octanol–water partition coefficient (Wildman–Crippen LogP) is 2.61. The number of thiophene rings is 1. The maximum Gasteiger partial charge on any atom is 0.252 e. The number of carbonyl (C=O) groups excluding carboxylic acids is 1. The van der Waals surface area contributed by atoms with Crippen LogP contribution in [0.1, 0.15) is 41.9 Å². The van der Waals surface area contributed by atoms with Gasteiger partial charge >= 0.3 is 0 Å². The number of amides is 1. The van der Waals surface area contributed by atoms with E-state index in [1.165, 1.54) is 4.88 Å². The first-order valence-corrected chi connectivity index (χ1v) is 7.08. The summed E-state index contributed by atoms with van der Waals surface area (Å²) in [7, 11) is 0. The van der Waals surface area contributed by atoms with Crippen LogP contribution < -0.4 is 5.32 Å². The van der Waals surface area contributed by atoms with Crippen LogP contribution >= 0.6 is 11.3 Å². The Morgan fingerprint density at radius 3 is 3.12 bits per heavy atom. The summed E-state index contributed by atoms with van der Waals surface area (Å²) in [6, 6.07) is 2.07. The molecule has 4 heteroatoms. The lowest BCUT2D eigenvalue weighted by atomic mass is 10.1. The lowest BCUT2D eigenvalue weighted by molar-refractivity contribution is 0.0712. The Labute approximate surface area is 106 Å². The second-order valence-electron chi connectivity index (χ2n) is 4.47. The van der Waals surface area contributed by atoms with Gasteiger partial charge in [-0.25, -0.2) is 0 Å². The molecule has 0 radical (unpaired) electrons. The van der Waals surface area contributed by atoms with Crippen molar-refractivity contribution in [3.63, 3.8) is 0 Å². The third-order valence-corrected chi connectivity index (χ3v) is 4.23. The molecule has 2 atom stereocenters. The van der Waals surface area contributed by atoms with Crippen LogP contribution in [0.15, 0.2) is 11.4 Å². The Hall–Kier alpha value is -0.870. The molecular formula is C13H19NO2S. The molecule has 1 aliphatic heterocycles. The second kappa shape index (κ2) is 5.65. The summed E-state index contributed by atoms with van der Waals surface area (Å²) in [6.45, 7) is 4.94. The largest absolute Gasteiger partial charge is 0.376 e. The fourth-order valence-electron chi connectivity index (χ4n) is 2.07. The molecule has 1 N–H and O–H groups in total. The Balaban J connectivity index is 1.91. The van der Waals surface area contributed by atoms with Crippen LogP contribution in [0.3, 0.4) is 0 Å². The molecule has 94 valence electrons. The molecule has 1 aromatic rings. The van der Waals surface area contributed by atoms with Crippen LogP contribution in [-0.4, -0.2) is 24.7 Å². The van der Waals surface area contributed by atoms with Crippen LogP contribution in [-0.2, 0) is 11.2 Å². The van der Waals surface area contributed by atoms with Crippen molar-refractivity contribution in [1.29, 1.82) is 0 Å². The second-order valence-corrected chi connectivity index (χ2v) is 5.46. The van der Waals surface area contributed by atoms with Crippen molar-refractivity contribution >= 4 is 17.2 Å². The average molecular weight is 253 g/mol. The van der Waals surface area contributed by atoms with Gasteiger partial charge in [-0.15, -0.1) is 11.3 Å². The van der Waals surface area contributed by atoms with Crippen molar-refractivity contribution in [1.82, 2.24) is 5.32 Å². The molecular weight excluding hydrogens is 234 g/mol. The zero-order chi connectivity index (χ0) is 12.3. The normalized spacial score (nSPS) is 21.4. The van der Waals surface area contributed by atoms with Crippen molar-refractivity contribution in [2.24, 2.45) is 0 Å². The van der Waals surface area contributed by atoms with Crippen LogP contribution in [0.25, 0.3) is 0 Å². The van der Waals surface area contributed by atoms with Gasteiger partial charge < -0.3 is 10.1 Å². The zero-order valence-corrected chi connectivity index (χ0v) is 11.2. The van der Waals surface area contributed by atoms with E-state index < -0.39 is 0 Å². The molecule has 1 fully saturated rings. The van der Waals surface area contributed by atoms with Crippen molar-refractivity contribution in [3.05, 3.63) is 21.9 Å². The van der Waals surface area contributed by atoms with Crippen LogP contribution in [0.2, 0.25) is 0 Å². The summed E-state index contributed by atoms with van der Waals surface area (Å²) < 4.78 is 5.57. The van der Waals surface area contributed by atoms with E-state index in [1.54, 1.807) is 11.3 Å². The smallest absolute Gasteiger partial charge is 0.252 e. The monoisotopic (exact) mass is 253 g/mol. The number of aryl methyl sites for hydroxylation is 1. The van der Waals surface area contributed by atoms with E-state index in [2.05, 4.69) is 12.2 Å². The van der Waals surface area contributed by atoms with E-state index in [1.807, 2.05) is 18.4 Å². The molecule has 17 heavy (non-hydrogen) atoms. The molecule has 1 saturated heterocycles. The van der Waals surface area contributed by atoms with Gasteiger partial charge in [-0.1, -0.05) is 6.92 Å². The van der Waals surface area contributed by atoms with Crippen LogP contribution in [0.5, 0.6) is 0 Å². The number of carbonyl (C=O) groups is 1. The molecule has 0 unspecified atom stereocenters. The fourth-order valence-corrected chi connectivity index (χ4v) is 2.88. The highest BCUT2D eigenvalue weighted by Gasteiger charge is 2.24. The minimum absolute atomic E-state index is 0.0175. The Morgan fingerprint density at radius 1 is 1.71 bits per heavy atom. The number of ether oxygens (including phenoxy) is 1. The van der Waals surface area contributed by atoms with Gasteiger partial charge in [0.25, 0.3) is 5.91 Å². The minimum Gasteiger partial charge on any atom is -0.376 e. The molecule has 2 heterocycles. The third-order valence-electron chi connectivity index (χ3n) is 3.15. The first-order chi connectivity index (χ1) is 8.20. The van der Waals surface area contributed by atoms with E-state index in [4.69, 9.17) is 4.74 Å². The molecule has 0 bridgehead atoms. The van der Waals surface area contributed by atoms with Crippen molar-refractivity contribution < 1.29 is 9.53 Å². The summed E-state index contributed by atoms with van der Waals surface area (Å²) in [4.78, 5) is 13.2. The molecule has 0 aromatic carbocycles. The van der Waals surface area contributed by atoms with Crippen molar-refractivity contribution in [3.8, 4) is 0 Å². The molecule has 1 amide bonds. The molecule has 0 spiro atoms. The molecule has 1 aromatic heterocycles. The minimum atomic E-state index is 0.0175. The molecule has 0 aliphatic carbocycles. The molecule has 0 saturated carbocycles. The van der Waals surface area contributed by atoms with Gasteiger partial charge in [-0.3, -0.25) is 4.79 Å². The SMILES string of the molecule is CCc1cc(C(=O)N[C@@H](C)[C@@H]2CCCO2)cs1. The highest BCUT2D eigenvalue weighted by Crippen LogP contribution is 2.18. The third kappa shape index (κ3) is 3.07. The first-order valence-electron chi connectivity index (χ1n) is 6.20. The molecule has 1 aliphatic rings. The van der Waals surface area contributed by atoms with Gasteiger partial charge in [-0.2, -0.15) is 0 Å². The van der Waals surface area contributed by atoms with Crippen LogP contribution in [0.4, 0.5) is 0 Å². The molecule has 2 rings (SSSR count). The van der Waals surface area contributed by atoms with E-state index >= 15 is 0 Å². The number of nitrogens with one attached hydrogen (secondary N) is 1. The number of hydrogen-bond acceptors (Lipinski definition) is 3. The molecule has 3 nitrogen and oxygen atoms in total. The summed E-state index contributed by atoms with van der Waals surface area (Å²) in [6.07, 6.45) is 3.32. The van der Waals surface area contributed by atoms with Gasteiger partial charge in [-0.05, 0) is 32.3 Å². The van der Waals surface area contributed by atoms with Gasteiger partial charge in [0.05, 0.1) is 17.7 Å². The summed E-state index contributed by atoms with van der Waals surface area (Å²) >= 11 is 1.65. The van der Waals surface area contributed by atoms with Crippen molar-refractivity contribution in [2.75, 3.05) is 6.61 Å². The average Bonchev–Trinajstić information content (AvgIpc) is 3.00. The lowest BCUT2D eigenvalue weighted by Crippen LogP contribution is -2.40. The van der Waals surface area contributed by atoms with Crippen LogP contribution in [0, 0.1) is 0 Å². The topological polar surface area (TPSA) is 38.3 Å². The number of rotatable bonds is 4. The lowest BCUT2D eigenvalue weighted by Gasteiger charge is -2.19. The maximum atomic E-state index is 12.0. The first kappa shape index (κ1) is 12.6. The van der Waals surface area contributed by atoms with Gasteiger partial charge in [0.1, 0.15) is 0 Å². The van der Waals surface area contributed by atoms with E-state index in [9.17, 15) is 4.79 Å². The summed E-state index contributed by atoms with van der Waals surface area (Å²) in [5.41, 5.74) is 0.775. The van der Waals surface area contributed by atoms with Crippen molar-refractivity contribution in [2.45, 2.75) is 45.3 Å². The predicted molar refractivity (Wildman–Crippen MR) is 69.6 cm³/mol. The van der Waals surface area contributed by atoms with E-state index in [0.717, 1.165) is 31.4 Å². The zero-order valence-electron chi connectivity index (χ0n) is 10.4. The van der Waals surface area contributed by atoms with E-state index in [-0.39, 0.29) is 18.1 Å². The van der Waals surface area contributed by atoms with Gasteiger partial charge in [0.15, 0.2) is 0 Å². The summed E-state index contributed by atoms with van der Waals surface area (Å²) in [5.74, 6) is 0.0175. The van der Waals surface area contributed by atoms with Gasteiger partial charge in [0, 0.05) is 16.9 Å². The highest BCUT2D eigenvalue weighted by molar-refractivity contribution is 7.10. The summed E-state index contributed by atoms with van der Waals surface area (Å²) in [5, 5.41) is 4.95.